The molecule has 1 aliphatic heterocycles. The number of fused-ring (bicyclic) bond motifs is 1. The number of aromatic nitrogens is 2. The predicted molar refractivity (Wildman–Crippen MR) is 106 cm³/mol. The fourth-order valence-corrected chi connectivity index (χ4v) is 3.42. The molecule has 140 valence electrons. The number of benzene rings is 2. The van der Waals surface area contributed by atoms with Crippen LogP contribution in [-0.4, -0.2) is 53.7 Å². The van der Waals surface area contributed by atoms with E-state index in [9.17, 15) is 4.79 Å². The lowest BCUT2D eigenvalue weighted by atomic mass is 10.3. The van der Waals surface area contributed by atoms with Crippen molar-refractivity contribution in [2.45, 2.75) is 13.1 Å². The van der Waals surface area contributed by atoms with Gasteiger partial charge in [-0.1, -0.05) is 30.3 Å². The molecule has 1 saturated heterocycles. The zero-order valence-corrected chi connectivity index (χ0v) is 15.5. The summed E-state index contributed by atoms with van der Waals surface area (Å²) in [6.07, 6.45) is 0. The Morgan fingerprint density at radius 1 is 1.07 bits per heavy atom. The van der Waals surface area contributed by atoms with E-state index < -0.39 is 0 Å². The van der Waals surface area contributed by atoms with Crippen LogP contribution in [-0.2, 0) is 22.6 Å². The second-order valence-electron chi connectivity index (χ2n) is 6.78. The summed E-state index contributed by atoms with van der Waals surface area (Å²) in [6, 6.07) is 17.7. The predicted octanol–water partition coefficient (Wildman–Crippen LogP) is 2.53. The van der Waals surface area contributed by atoms with Crippen LogP contribution < -0.4 is 4.90 Å². The third kappa shape index (κ3) is 3.86. The minimum atomic E-state index is 0.0348. The summed E-state index contributed by atoms with van der Waals surface area (Å²) in [5.74, 6) is 0.959. The van der Waals surface area contributed by atoms with Gasteiger partial charge in [-0.3, -0.25) is 9.69 Å². The molecule has 6 heteroatoms. The van der Waals surface area contributed by atoms with Crippen molar-refractivity contribution in [1.29, 1.82) is 0 Å². The number of morpholine rings is 1. The van der Waals surface area contributed by atoms with Crippen LogP contribution >= 0.6 is 0 Å². The topological polar surface area (TPSA) is 50.6 Å². The number of hydrogen-bond acceptors (Lipinski definition) is 4. The minimum absolute atomic E-state index is 0.0348. The van der Waals surface area contributed by atoms with Gasteiger partial charge in [-0.05, 0) is 24.3 Å². The number of para-hydroxylation sites is 3. The number of ether oxygens (including phenoxy) is 1. The average molecular weight is 364 g/mol. The lowest BCUT2D eigenvalue weighted by molar-refractivity contribution is -0.118. The van der Waals surface area contributed by atoms with Crippen LogP contribution in [0.4, 0.5) is 5.69 Å². The molecule has 1 fully saturated rings. The van der Waals surface area contributed by atoms with E-state index in [0.29, 0.717) is 0 Å². The van der Waals surface area contributed by atoms with Crippen molar-refractivity contribution in [2.24, 2.45) is 0 Å². The summed E-state index contributed by atoms with van der Waals surface area (Å²) in [7, 11) is 1.82. The highest BCUT2D eigenvalue weighted by molar-refractivity contribution is 5.93. The van der Waals surface area contributed by atoms with Gasteiger partial charge in [-0.15, -0.1) is 0 Å². The van der Waals surface area contributed by atoms with Crippen molar-refractivity contribution < 1.29 is 9.53 Å². The van der Waals surface area contributed by atoms with Crippen molar-refractivity contribution in [1.82, 2.24) is 14.5 Å². The van der Waals surface area contributed by atoms with Crippen LogP contribution in [0.5, 0.6) is 0 Å². The molecule has 1 aromatic heterocycles. The summed E-state index contributed by atoms with van der Waals surface area (Å²) < 4.78 is 7.49. The average Bonchev–Trinajstić information content (AvgIpc) is 3.06. The van der Waals surface area contributed by atoms with E-state index in [0.717, 1.165) is 55.4 Å². The van der Waals surface area contributed by atoms with Crippen molar-refractivity contribution in [3.8, 4) is 0 Å². The molecule has 6 nitrogen and oxygen atoms in total. The molecule has 27 heavy (non-hydrogen) atoms. The first-order chi connectivity index (χ1) is 13.2. The smallest absolute Gasteiger partial charge is 0.246 e. The molecule has 2 aromatic carbocycles. The molecule has 0 aliphatic carbocycles. The van der Waals surface area contributed by atoms with Gasteiger partial charge in [0.25, 0.3) is 0 Å². The Bertz CT molecular complexity index is 916. The zero-order valence-electron chi connectivity index (χ0n) is 15.5. The maximum Gasteiger partial charge on any atom is 0.246 e. The first-order valence-corrected chi connectivity index (χ1v) is 9.28. The SMILES string of the molecule is CN(C(=O)Cn1c(CN2CCOCC2)nc2ccccc21)c1ccccc1. The van der Waals surface area contributed by atoms with Crippen LogP contribution in [0.3, 0.4) is 0 Å². The summed E-state index contributed by atoms with van der Waals surface area (Å²) in [5, 5.41) is 0. The van der Waals surface area contributed by atoms with Crippen molar-refractivity contribution in [3.05, 3.63) is 60.4 Å². The number of hydrogen-bond donors (Lipinski definition) is 0. The fraction of sp³-hybridized carbons (Fsp3) is 0.333. The van der Waals surface area contributed by atoms with Gasteiger partial charge in [-0.25, -0.2) is 4.98 Å². The Hall–Kier alpha value is -2.70. The Morgan fingerprint density at radius 3 is 2.56 bits per heavy atom. The molecule has 2 heterocycles. The highest BCUT2D eigenvalue weighted by Crippen LogP contribution is 2.19. The molecule has 0 atom stereocenters. The second-order valence-corrected chi connectivity index (χ2v) is 6.78. The number of imidazole rings is 1. The second kappa shape index (κ2) is 7.90. The summed E-state index contributed by atoms with van der Waals surface area (Å²) >= 11 is 0. The maximum absolute atomic E-state index is 12.9. The van der Waals surface area contributed by atoms with Crippen LogP contribution in [0, 0.1) is 0 Å². The van der Waals surface area contributed by atoms with Gasteiger partial charge in [0, 0.05) is 25.8 Å². The van der Waals surface area contributed by atoms with E-state index in [1.54, 1.807) is 4.90 Å². The molecule has 0 spiro atoms. The number of carbonyl (C=O) groups is 1. The zero-order chi connectivity index (χ0) is 18.6. The molecule has 0 bridgehead atoms. The standard InChI is InChI=1S/C21H24N4O2/c1-23(17-7-3-2-4-8-17)21(26)16-25-19-10-6-5-9-18(19)22-20(25)15-24-11-13-27-14-12-24/h2-10H,11-16H2,1H3. The molecule has 0 saturated carbocycles. The third-order valence-corrected chi connectivity index (χ3v) is 5.01. The molecule has 0 unspecified atom stereocenters. The number of carbonyl (C=O) groups excluding carboxylic acids is 1. The van der Waals surface area contributed by atoms with Crippen molar-refractivity contribution in [3.63, 3.8) is 0 Å². The molecule has 1 amide bonds. The Kier molecular flexibility index (Phi) is 5.18. The molecular formula is C21H24N4O2. The van der Waals surface area contributed by atoms with Gasteiger partial charge >= 0.3 is 0 Å². The Balaban J connectivity index is 1.61. The highest BCUT2D eigenvalue weighted by Gasteiger charge is 2.19. The number of rotatable bonds is 5. The summed E-state index contributed by atoms with van der Waals surface area (Å²) in [5.41, 5.74) is 2.81. The van der Waals surface area contributed by atoms with E-state index in [1.807, 2.05) is 66.2 Å². The lowest BCUT2D eigenvalue weighted by Crippen LogP contribution is -2.37. The van der Waals surface area contributed by atoms with Crippen molar-refractivity contribution >= 4 is 22.6 Å². The van der Waals surface area contributed by atoms with Crippen LogP contribution in [0.2, 0.25) is 0 Å². The first kappa shape index (κ1) is 17.7. The lowest BCUT2D eigenvalue weighted by Gasteiger charge is -2.26. The number of amides is 1. The number of anilines is 1. The number of nitrogens with zero attached hydrogens (tertiary/aromatic N) is 4. The van der Waals surface area contributed by atoms with E-state index in [1.165, 1.54) is 0 Å². The Labute approximate surface area is 159 Å². The van der Waals surface area contributed by atoms with Gasteiger partial charge in [0.2, 0.25) is 5.91 Å². The van der Waals surface area contributed by atoms with Crippen molar-refractivity contribution in [2.75, 3.05) is 38.3 Å². The molecule has 3 aromatic rings. The third-order valence-electron chi connectivity index (χ3n) is 5.01. The summed E-state index contributed by atoms with van der Waals surface area (Å²) in [6.45, 7) is 4.26. The molecule has 0 radical (unpaired) electrons. The van der Waals surface area contributed by atoms with Gasteiger partial charge in [-0.2, -0.15) is 0 Å². The summed E-state index contributed by atoms with van der Waals surface area (Å²) in [4.78, 5) is 21.8. The van der Waals surface area contributed by atoms with Gasteiger partial charge in [0.1, 0.15) is 12.4 Å². The van der Waals surface area contributed by atoms with E-state index in [4.69, 9.17) is 9.72 Å². The molecular weight excluding hydrogens is 340 g/mol. The van der Waals surface area contributed by atoms with Gasteiger partial charge in [0.05, 0.1) is 30.8 Å². The van der Waals surface area contributed by atoms with Gasteiger partial charge < -0.3 is 14.2 Å². The normalized spacial score (nSPS) is 15.1. The molecule has 0 N–H and O–H groups in total. The fourth-order valence-electron chi connectivity index (χ4n) is 3.42. The van der Waals surface area contributed by atoms with Crippen LogP contribution in [0.1, 0.15) is 5.82 Å². The largest absolute Gasteiger partial charge is 0.379 e. The van der Waals surface area contributed by atoms with Gasteiger partial charge in [0.15, 0.2) is 0 Å². The monoisotopic (exact) mass is 364 g/mol. The van der Waals surface area contributed by atoms with Crippen LogP contribution in [0.15, 0.2) is 54.6 Å². The van der Waals surface area contributed by atoms with E-state index in [-0.39, 0.29) is 12.5 Å². The maximum atomic E-state index is 12.9. The quantitative estimate of drug-likeness (QED) is 0.698. The van der Waals surface area contributed by atoms with Crippen LogP contribution in [0.25, 0.3) is 11.0 Å². The first-order valence-electron chi connectivity index (χ1n) is 9.28. The minimum Gasteiger partial charge on any atom is -0.379 e. The van der Waals surface area contributed by atoms with E-state index >= 15 is 0 Å². The molecule has 1 aliphatic rings. The Morgan fingerprint density at radius 2 is 1.78 bits per heavy atom. The van der Waals surface area contributed by atoms with E-state index in [2.05, 4.69) is 4.90 Å². The highest BCUT2D eigenvalue weighted by atomic mass is 16.5. The molecule has 4 rings (SSSR count). The number of likely N-dealkylation sites (N-methyl/N-ethyl adjacent to an activating group) is 1.